The summed E-state index contributed by atoms with van der Waals surface area (Å²) in [4.78, 5) is 3.80. The lowest BCUT2D eigenvalue weighted by Crippen LogP contribution is -2.52. The molecule has 0 aliphatic carbocycles. The van der Waals surface area contributed by atoms with Crippen molar-refractivity contribution in [2.75, 3.05) is 9.21 Å². The Morgan fingerprint density at radius 2 is 1.52 bits per heavy atom. The standard InChI is InChI=1S/C56H59BN2S2/c1-11-13-14-15-18-24-40-37-60-52-36-49-48(35-46(40)52)57-39(4)45-29-23-30-47(56(8,9)10)54(45)61-59(44-27-21-17-22-28-44)51-34-41(38(3)31-32-42(12-2)55(5,6)7)33-50(53(51)57)58(49)43-25-19-16-20-26-43/h12,14-38H,4,11,13H2,1-3,5-10H3/b15-14-,24-18+,32-31-,42-12+. The molecule has 5 aromatic carbocycles. The number of thiophene rings is 1. The molecule has 0 saturated heterocycles. The van der Waals surface area contributed by atoms with Crippen LogP contribution in [0.3, 0.4) is 0 Å². The lowest BCUT2D eigenvalue weighted by molar-refractivity contribution is 0.516. The van der Waals surface area contributed by atoms with Gasteiger partial charge in [0.05, 0.1) is 11.4 Å². The quantitative estimate of drug-likeness (QED) is 0.0814. The number of hydrogen-bond acceptors (Lipinski definition) is 4. The predicted octanol–water partition coefficient (Wildman–Crippen LogP) is 16.0. The molecule has 0 fully saturated rings. The first-order valence-electron chi connectivity index (χ1n) is 21.9. The van der Waals surface area contributed by atoms with Crippen molar-refractivity contribution >= 4 is 91.0 Å². The van der Waals surface area contributed by atoms with Crippen LogP contribution in [0, 0.1) is 5.41 Å². The molecule has 0 saturated carbocycles. The molecule has 2 aliphatic rings. The smallest absolute Gasteiger partial charge is 0.249 e. The van der Waals surface area contributed by atoms with Crippen molar-refractivity contribution < 1.29 is 0 Å². The topological polar surface area (TPSA) is 6.48 Å². The van der Waals surface area contributed by atoms with Crippen molar-refractivity contribution in [3.05, 3.63) is 179 Å². The molecular weight excluding hydrogens is 776 g/mol. The minimum atomic E-state index is -0.109. The fraction of sp³-hybridized carbons (Fsp3) is 0.250. The minimum Gasteiger partial charge on any atom is -0.311 e. The first-order chi connectivity index (χ1) is 29.3. The Labute approximate surface area is 374 Å². The van der Waals surface area contributed by atoms with E-state index in [1.807, 2.05) is 23.3 Å². The maximum absolute atomic E-state index is 5.12. The van der Waals surface area contributed by atoms with E-state index in [4.69, 9.17) is 6.58 Å². The third-order valence-electron chi connectivity index (χ3n) is 12.2. The predicted molar refractivity (Wildman–Crippen MR) is 274 cm³/mol. The molecule has 2 nitrogen and oxygen atoms in total. The van der Waals surface area contributed by atoms with Crippen molar-refractivity contribution in [2.45, 2.75) is 91.4 Å². The van der Waals surface area contributed by atoms with Crippen LogP contribution in [-0.2, 0) is 5.41 Å². The summed E-state index contributed by atoms with van der Waals surface area (Å²) in [7, 11) is 0. The Bertz CT molecular complexity index is 2700. The molecule has 308 valence electrons. The summed E-state index contributed by atoms with van der Waals surface area (Å²) in [6, 6.07) is 38.7. The normalized spacial score (nSPS) is 15.1. The summed E-state index contributed by atoms with van der Waals surface area (Å²) in [6.07, 6.45) is 18.2. The molecule has 6 aromatic rings. The highest BCUT2D eigenvalue weighted by Gasteiger charge is 2.43. The third-order valence-corrected chi connectivity index (χ3v) is 14.3. The van der Waals surface area contributed by atoms with E-state index in [9.17, 15) is 0 Å². The van der Waals surface area contributed by atoms with E-state index in [-0.39, 0.29) is 23.5 Å². The van der Waals surface area contributed by atoms with Crippen molar-refractivity contribution in [1.82, 2.24) is 0 Å². The molecule has 0 radical (unpaired) electrons. The highest BCUT2D eigenvalue weighted by Crippen LogP contribution is 2.51. The molecule has 1 aromatic heterocycles. The summed E-state index contributed by atoms with van der Waals surface area (Å²) in [6.45, 7) is 25.6. The highest BCUT2D eigenvalue weighted by molar-refractivity contribution is 8.01. The van der Waals surface area contributed by atoms with Crippen LogP contribution < -0.4 is 20.1 Å². The summed E-state index contributed by atoms with van der Waals surface area (Å²) in [5.41, 5.74) is 16.0. The Kier molecular flexibility index (Phi) is 12.0. The van der Waals surface area contributed by atoms with E-state index in [0.717, 1.165) is 29.7 Å². The van der Waals surface area contributed by atoms with Crippen molar-refractivity contribution in [3.8, 4) is 0 Å². The van der Waals surface area contributed by atoms with Crippen molar-refractivity contribution in [1.29, 1.82) is 0 Å². The van der Waals surface area contributed by atoms with Gasteiger partial charge >= 0.3 is 0 Å². The van der Waals surface area contributed by atoms with Crippen LogP contribution in [0.1, 0.15) is 103 Å². The van der Waals surface area contributed by atoms with E-state index < -0.39 is 0 Å². The second kappa shape index (κ2) is 17.3. The summed E-state index contributed by atoms with van der Waals surface area (Å²) in [5, 5.41) is 3.60. The van der Waals surface area contributed by atoms with Gasteiger partial charge in [-0.1, -0.05) is 170 Å². The zero-order valence-electron chi connectivity index (χ0n) is 37.4. The van der Waals surface area contributed by atoms with E-state index in [1.54, 1.807) is 0 Å². The Morgan fingerprint density at radius 1 is 0.820 bits per heavy atom. The molecule has 0 spiro atoms. The number of unbranched alkanes of at least 4 members (excludes halogenated alkanes) is 1. The molecule has 1 unspecified atom stereocenters. The Morgan fingerprint density at radius 3 is 2.20 bits per heavy atom. The largest absolute Gasteiger partial charge is 0.311 e. The zero-order chi connectivity index (χ0) is 43.1. The number of hydrogen-bond donors (Lipinski definition) is 0. The van der Waals surface area contributed by atoms with E-state index in [0.29, 0.717) is 0 Å². The van der Waals surface area contributed by atoms with E-state index in [1.165, 1.54) is 70.8 Å². The number of nitrogens with zero attached hydrogens (tertiary/aromatic N) is 2. The average molecular weight is 835 g/mol. The van der Waals surface area contributed by atoms with Gasteiger partial charge in [-0.05, 0) is 134 Å². The van der Waals surface area contributed by atoms with Gasteiger partial charge in [-0.3, -0.25) is 4.31 Å². The Hall–Kier alpha value is -5.23. The fourth-order valence-electron chi connectivity index (χ4n) is 8.88. The van der Waals surface area contributed by atoms with Gasteiger partial charge in [-0.15, -0.1) is 17.9 Å². The molecule has 0 N–H and O–H groups in total. The zero-order valence-corrected chi connectivity index (χ0v) is 39.1. The SMILES string of the molecule is C=C1B2c3cc4c(/C=C/C=C\CCC)csc4cc3N(c3ccccc3)c3cc(C(C)/C=C\C(=C/C)C(C)(C)C)cc(c32)N(c2ccccc2)Sc2c1cccc2C(C)(C)C. The van der Waals surface area contributed by atoms with Crippen LogP contribution in [-0.4, -0.2) is 6.71 Å². The van der Waals surface area contributed by atoms with Gasteiger partial charge < -0.3 is 4.90 Å². The average Bonchev–Trinajstić information content (AvgIpc) is 3.64. The summed E-state index contributed by atoms with van der Waals surface area (Å²) < 4.78 is 3.80. The number of para-hydroxylation sites is 2. The number of anilines is 5. The van der Waals surface area contributed by atoms with Crippen LogP contribution in [0.5, 0.6) is 0 Å². The number of benzene rings is 5. The fourth-order valence-corrected chi connectivity index (χ4v) is 11.3. The number of rotatable bonds is 9. The van der Waals surface area contributed by atoms with Gasteiger partial charge in [-0.2, -0.15) is 0 Å². The van der Waals surface area contributed by atoms with E-state index >= 15 is 0 Å². The maximum Gasteiger partial charge on any atom is 0.249 e. The number of allylic oxidation sites excluding steroid dienone is 7. The molecule has 3 heterocycles. The van der Waals surface area contributed by atoms with Crippen LogP contribution in [0.4, 0.5) is 28.4 Å². The molecule has 5 heteroatoms. The second-order valence-electron chi connectivity index (χ2n) is 18.6. The molecule has 0 bridgehead atoms. The Balaban J connectivity index is 1.47. The van der Waals surface area contributed by atoms with Gasteiger partial charge in [0.25, 0.3) is 0 Å². The van der Waals surface area contributed by atoms with Crippen LogP contribution in [0.2, 0.25) is 0 Å². The molecule has 0 amide bonds. The van der Waals surface area contributed by atoms with Crippen molar-refractivity contribution in [2.24, 2.45) is 5.41 Å². The lowest BCUT2D eigenvalue weighted by Gasteiger charge is -2.43. The molecular formula is C56H59BN2S2. The lowest BCUT2D eigenvalue weighted by atomic mass is 9.33. The third kappa shape index (κ3) is 8.28. The van der Waals surface area contributed by atoms with E-state index in [2.05, 4.69) is 223 Å². The molecule has 61 heavy (non-hydrogen) atoms. The minimum absolute atomic E-state index is 0.0534. The second-order valence-corrected chi connectivity index (χ2v) is 20.4. The van der Waals surface area contributed by atoms with Gasteiger partial charge in [-0.25, -0.2) is 0 Å². The summed E-state index contributed by atoms with van der Waals surface area (Å²) in [5.74, 6) is 0.144. The molecule has 1 atom stereocenters. The van der Waals surface area contributed by atoms with Gasteiger partial charge in [0, 0.05) is 26.7 Å². The first-order valence-corrected chi connectivity index (χ1v) is 23.6. The van der Waals surface area contributed by atoms with Gasteiger partial charge in [0.15, 0.2) is 0 Å². The van der Waals surface area contributed by atoms with Crippen LogP contribution in [0.15, 0.2) is 162 Å². The monoisotopic (exact) mass is 834 g/mol. The van der Waals surface area contributed by atoms with Gasteiger partial charge in [0.2, 0.25) is 6.71 Å². The maximum atomic E-state index is 5.12. The molecule has 8 rings (SSSR count). The van der Waals surface area contributed by atoms with Crippen molar-refractivity contribution in [3.63, 3.8) is 0 Å². The number of fused-ring (bicyclic) bond motifs is 4. The van der Waals surface area contributed by atoms with Crippen LogP contribution in [0.25, 0.3) is 21.6 Å². The highest BCUT2D eigenvalue weighted by atomic mass is 32.2. The van der Waals surface area contributed by atoms with Crippen LogP contribution >= 0.6 is 23.3 Å². The molecule has 2 aliphatic heterocycles. The van der Waals surface area contributed by atoms with Gasteiger partial charge in [0.1, 0.15) is 0 Å². The first kappa shape index (κ1) is 42.5. The summed E-state index contributed by atoms with van der Waals surface area (Å²) >= 11 is 3.68.